The number of imidazole rings is 1. The Labute approximate surface area is 103 Å². The Bertz CT molecular complexity index is 742. The highest BCUT2D eigenvalue weighted by atomic mass is 32.2. The van der Waals surface area contributed by atoms with Crippen LogP contribution in [0.4, 0.5) is 5.69 Å². The summed E-state index contributed by atoms with van der Waals surface area (Å²) < 4.78 is 24.3. The van der Waals surface area contributed by atoms with E-state index in [0.717, 1.165) is 0 Å². The molecule has 0 aliphatic carbocycles. The molecular weight excluding hydrogens is 254 g/mol. The van der Waals surface area contributed by atoms with Gasteiger partial charge in [0.15, 0.2) is 0 Å². The Kier molecular flexibility index (Phi) is 2.78. The third-order valence-electron chi connectivity index (χ3n) is 2.29. The summed E-state index contributed by atoms with van der Waals surface area (Å²) in [7, 11) is -3.95. The van der Waals surface area contributed by atoms with Gasteiger partial charge in [0.2, 0.25) is 15.8 Å². The van der Waals surface area contributed by atoms with E-state index >= 15 is 0 Å². The highest BCUT2D eigenvalue weighted by Gasteiger charge is 2.17. The number of nitrogens with zero attached hydrogens (tertiary/aromatic N) is 3. The number of primary sulfonamides is 1. The van der Waals surface area contributed by atoms with Crippen LogP contribution in [0.25, 0.3) is 5.69 Å². The molecular formula is C10H9N5O2S. The lowest BCUT2D eigenvalue weighted by atomic mass is 10.3. The Morgan fingerprint density at radius 2 is 2.11 bits per heavy atom. The van der Waals surface area contributed by atoms with E-state index in [1.807, 2.05) is 6.07 Å². The molecule has 1 heterocycles. The minimum atomic E-state index is -3.95. The number of anilines is 1. The predicted molar refractivity (Wildman–Crippen MR) is 64.1 cm³/mol. The van der Waals surface area contributed by atoms with E-state index in [4.69, 9.17) is 16.1 Å². The third kappa shape index (κ3) is 2.04. The Hall–Kier alpha value is -2.37. The van der Waals surface area contributed by atoms with E-state index in [1.165, 1.54) is 35.2 Å². The minimum Gasteiger partial charge on any atom is -0.399 e. The first kappa shape index (κ1) is 12.1. The monoisotopic (exact) mass is 263 g/mol. The second-order valence-corrected chi connectivity index (χ2v) is 5.03. The number of aromatic nitrogens is 2. The molecule has 0 spiro atoms. The van der Waals surface area contributed by atoms with Gasteiger partial charge < -0.3 is 5.73 Å². The average Bonchev–Trinajstić information content (AvgIpc) is 2.75. The van der Waals surface area contributed by atoms with Crippen molar-refractivity contribution in [3.8, 4) is 11.8 Å². The van der Waals surface area contributed by atoms with E-state index in [0.29, 0.717) is 0 Å². The molecule has 2 rings (SSSR count). The van der Waals surface area contributed by atoms with Gasteiger partial charge in [0, 0.05) is 18.1 Å². The number of nitriles is 1. The molecule has 0 radical (unpaired) electrons. The van der Waals surface area contributed by atoms with Gasteiger partial charge in [-0.15, -0.1) is 0 Å². The molecule has 0 saturated heterocycles. The van der Waals surface area contributed by atoms with Crippen molar-refractivity contribution < 1.29 is 8.42 Å². The number of nitrogens with two attached hydrogens (primary N) is 2. The van der Waals surface area contributed by atoms with Gasteiger partial charge in [-0.3, -0.25) is 4.57 Å². The zero-order valence-corrected chi connectivity index (χ0v) is 9.92. The maximum atomic E-state index is 11.5. The zero-order valence-electron chi connectivity index (χ0n) is 9.11. The van der Waals surface area contributed by atoms with Gasteiger partial charge in [0.05, 0.1) is 5.69 Å². The van der Waals surface area contributed by atoms with Crippen LogP contribution in [0.1, 0.15) is 5.82 Å². The molecule has 18 heavy (non-hydrogen) atoms. The van der Waals surface area contributed by atoms with Crippen LogP contribution in [0.2, 0.25) is 0 Å². The zero-order chi connectivity index (χ0) is 13.3. The van der Waals surface area contributed by atoms with E-state index in [9.17, 15) is 8.42 Å². The van der Waals surface area contributed by atoms with Gasteiger partial charge in [-0.2, -0.15) is 5.26 Å². The summed E-state index contributed by atoms with van der Waals surface area (Å²) in [6.45, 7) is 0. The van der Waals surface area contributed by atoms with Crippen LogP contribution < -0.4 is 10.9 Å². The van der Waals surface area contributed by atoms with Crippen LogP contribution in [-0.4, -0.2) is 18.0 Å². The topological polar surface area (TPSA) is 128 Å². The van der Waals surface area contributed by atoms with E-state index in [-0.39, 0.29) is 22.1 Å². The number of rotatable bonds is 2. The van der Waals surface area contributed by atoms with Gasteiger partial charge in [-0.25, -0.2) is 18.5 Å². The van der Waals surface area contributed by atoms with Crippen LogP contribution in [0.3, 0.4) is 0 Å². The number of hydrogen-bond donors (Lipinski definition) is 2. The van der Waals surface area contributed by atoms with Gasteiger partial charge in [0.25, 0.3) is 0 Å². The Balaban J connectivity index is 2.78. The highest BCUT2D eigenvalue weighted by molar-refractivity contribution is 7.89. The predicted octanol–water partition coefficient (Wildman–Crippen LogP) is -0.0264. The van der Waals surface area contributed by atoms with Gasteiger partial charge in [-0.05, 0) is 18.2 Å². The summed E-state index contributed by atoms with van der Waals surface area (Å²) in [5.41, 5.74) is 6.04. The summed E-state index contributed by atoms with van der Waals surface area (Å²) in [5, 5.41) is 14.0. The quantitative estimate of drug-likeness (QED) is 0.735. The normalized spacial score (nSPS) is 11.1. The van der Waals surface area contributed by atoms with Crippen molar-refractivity contribution in [3.05, 3.63) is 36.4 Å². The van der Waals surface area contributed by atoms with Crippen LogP contribution >= 0.6 is 0 Å². The highest BCUT2D eigenvalue weighted by Crippen LogP contribution is 2.22. The molecule has 0 aliphatic heterocycles. The van der Waals surface area contributed by atoms with Crippen molar-refractivity contribution >= 4 is 15.7 Å². The van der Waals surface area contributed by atoms with Crippen LogP contribution in [0, 0.1) is 11.3 Å². The fourth-order valence-corrected chi connectivity index (χ4v) is 2.30. The summed E-state index contributed by atoms with van der Waals surface area (Å²) in [4.78, 5) is 3.64. The molecule has 0 amide bonds. The lowest BCUT2D eigenvalue weighted by molar-refractivity contribution is 0.597. The minimum absolute atomic E-state index is 0.0599. The first-order valence-electron chi connectivity index (χ1n) is 4.79. The van der Waals surface area contributed by atoms with Crippen molar-refractivity contribution in [2.45, 2.75) is 4.90 Å². The lowest BCUT2D eigenvalue weighted by Gasteiger charge is -2.10. The molecule has 0 saturated carbocycles. The molecule has 2 aromatic rings. The van der Waals surface area contributed by atoms with Crippen LogP contribution in [0.15, 0.2) is 35.5 Å². The molecule has 8 heteroatoms. The molecule has 92 valence electrons. The second-order valence-electron chi connectivity index (χ2n) is 3.50. The van der Waals surface area contributed by atoms with Crippen molar-refractivity contribution in [1.29, 1.82) is 5.26 Å². The molecule has 0 fully saturated rings. The second kappa shape index (κ2) is 4.14. The fourth-order valence-electron chi connectivity index (χ4n) is 1.54. The number of benzene rings is 1. The SMILES string of the molecule is N#Cc1nccn1-c1ccc(N)cc1S(N)(=O)=O. The van der Waals surface area contributed by atoms with Crippen LogP contribution in [0.5, 0.6) is 0 Å². The van der Waals surface area contributed by atoms with Crippen molar-refractivity contribution in [1.82, 2.24) is 9.55 Å². The van der Waals surface area contributed by atoms with Crippen molar-refractivity contribution in [2.24, 2.45) is 5.14 Å². The Morgan fingerprint density at radius 1 is 1.39 bits per heavy atom. The largest absolute Gasteiger partial charge is 0.399 e. The number of hydrogen-bond acceptors (Lipinski definition) is 5. The molecule has 4 N–H and O–H groups in total. The maximum Gasteiger partial charge on any atom is 0.240 e. The number of nitrogen functional groups attached to an aromatic ring is 1. The number of sulfonamides is 1. The molecule has 0 bridgehead atoms. The average molecular weight is 263 g/mol. The van der Waals surface area contributed by atoms with E-state index in [1.54, 1.807) is 0 Å². The molecule has 1 aromatic carbocycles. The summed E-state index contributed by atoms with van der Waals surface area (Å²) >= 11 is 0. The Morgan fingerprint density at radius 3 is 2.72 bits per heavy atom. The van der Waals surface area contributed by atoms with Gasteiger partial charge in [-0.1, -0.05) is 0 Å². The van der Waals surface area contributed by atoms with E-state index in [2.05, 4.69) is 4.98 Å². The fraction of sp³-hybridized carbons (Fsp3) is 0. The first-order chi connectivity index (χ1) is 8.43. The van der Waals surface area contributed by atoms with E-state index < -0.39 is 10.0 Å². The third-order valence-corrected chi connectivity index (χ3v) is 3.23. The van der Waals surface area contributed by atoms with Crippen molar-refractivity contribution in [2.75, 3.05) is 5.73 Å². The summed E-state index contributed by atoms with van der Waals surface area (Å²) in [6, 6.07) is 6.08. The maximum absolute atomic E-state index is 11.5. The smallest absolute Gasteiger partial charge is 0.240 e. The molecule has 0 atom stereocenters. The lowest BCUT2D eigenvalue weighted by Crippen LogP contribution is -2.16. The van der Waals surface area contributed by atoms with Crippen molar-refractivity contribution in [3.63, 3.8) is 0 Å². The molecule has 0 unspecified atom stereocenters. The van der Waals surface area contributed by atoms with Gasteiger partial charge >= 0.3 is 0 Å². The first-order valence-corrected chi connectivity index (χ1v) is 6.34. The summed E-state index contributed by atoms with van der Waals surface area (Å²) in [6.07, 6.45) is 2.86. The molecule has 7 nitrogen and oxygen atoms in total. The molecule has 1 aromatic heterocycles. The van der Waals surface area contributed by atoms with Crippen LogP contribution in [-0.2, 0) is 10.0 Å². The summed E-state index contributed by atoms with van der Waals surface area (Å²) in [5.74, 6) is 0.0599. The van der Waals surface area contributed by atoms with Gasteiger partial charge in [0.1, 0.15) is 11.0 Å². The standard InChI is InChI=1S/C10H9N5O2S/c11-6-10-14-3-4-15(10)8-2-1-7(12)5-9(8)18(13,16)17/h1-5H,12H2,(H2,13,16,17). The molecule has 0 aliphatic rings.